The summed E-state index contributed by atoms with van der Waals surface area (Å²) in [6, 6.07) is 1.60. The fourth-order valence-electron chi connectivity index (χ4n) is 2.92. The van der Waals surface area contributed by atoms with Crippen molar-refractivity contribution in [3.8, 4) is 0 Å². The molecule has 0 amide bonds. The molecule has 21 heavy (non-hydrogen) atoms. The molecule has 0 bridgehead atoms. The average molecular weight is 293 g/mol. The number of nitrogens with zero attached hydrogens (tertiary/aromatic N) is 3. The summed E-state index contributed by atoms with van der Waals surface area (Å²) >= 11 is 0. The number of rotatable bonds is 4. The highest BCUT2D eigenvalue weighted by Gasteiger charge is 2.31. The average Bonchev–Trinajstić information content (AvgIpc) is 3.12. The SMILES string of the molecule is O=C(O)C1CCC(Cn2ncc(N3CCCC3)cc2=O)O1. The molecule has 2 aliphatic rings. The predicted molar refractivity (Wildman–Crippen MR) is 75.5 cm³/mol. The summed E-state index contributed by atoms with van der Waals surface area (Å²) in [4.78, 5) is 25.1. The summed E-state index contributed by atoms with van der Waals surface area (Å²) in [7, 11) is 0. The number of anilines is 1. The van der Waals surface area contributed by atoms with Crippen molar-refractivity contribution in [2.24, 2.45) is 0 Å². The van der Waals surface area contributed by atoms with Crippen LogP contribution in [0.15, 0.2) is 17.1 Å². The summed E-state index contributed by atoms with van der Waals surface area (Å²) in [5, 5.41) is 13.1. The van der Waals surface area contributed by atoms with Crippen LogP contribution >= 0.6 is 0 Å². The number of aliphatic carboxylic acids is 1. The fraction of sp³-hybridized carbons (Fsp3) is 0.643. The normalized spacial score (nSPS) is 25.4. The van der Waals surface area contributed by atoms with Gasteiger partial charge in [-0.1, -0.05) is 0 Å². The smallest absolute Gasteiger partial charge is 0.332 e. The molecule has 1 aromatic heterocycles. The van der Waals surface area contributed by atoms with Gasteiger partial charge in [0.05, 0.1) is 24.5 Å². The van der Waals surface area contributed by atoms with Crippen molar-refractivity contribution in [3.05, 3.63) is 22.6 Å². The molecule has 7 heteroatoms. The van der Waals surface area contributed by atoms with E-state index in [-0.39, 0.29) is 11.7 Å². The topological polar surface area (TPSA) is 84.7 Å². The molecule has 2 aliphatic heterocycles. The Bertz CT molecular complexity index is 580. The molecule has 0 aromatic carbocycles. The molecule has 3 heterocycles. The van der Waals surface area contributed by atoms with Crippen molar-refractivity contribution >= 4 is 11.7 Å². The highest BCUT2D eigenvalue weighted by Crippen LogP contribution is 2.21. The monoisotopic (exact) mass is 293 g/mol. The van der Waals surface area contributed by atoms with Crippen LogP contribution in [0.2, 0.25) is 0 Å². The van der Waals surface area contributed by atoms with Crippen molar-refractivity contribution in [1.29, 1.82) is 0 Å². The quantitative estimate of drug-likeness (QED) is 0.869. The zero-order chi connectivity index (χ0) is 14.8. The summed E-state index contributed by atoms with van der Waals surface area (Å²) < 4.78 is 6.76. The van der Waals surface area contributed by atoms with Gasteiger partial charge < -0.3 is 14.7 Å². The van der Waals surface area contributed by atoms with E-state index in [1.807, 2.05) is 0 Å². The molecule has 0 spiro atoms. The molecule has 7 nitrogen and oxygen atoms in total. The van der Waals surface area contributed by atoms with E-state index >= 15 is 0 Å². The molecular formula is C14H19N3O4. The van der Waals surface area contributed by atoms with Gasteiger partial charge in [-0.05, 0) is 25.7 Å². The summed E-state index contributed by atoms with van der Waals surface area (Å²) in [5.41, 5.74) is 0.700. The Morgan fingerprint density at radius 1 is 1.38 bits per heavy atom. The van der Waals surface area contributed by atoms with Crippen molar-refractivity contribution in [2.45, 2.75) is 44.4 Å². The molecule has 2 atom stereocenters. The Labute approximate surface area is 122 Å². The molecule has 0 aliphatic carbocycles. The lowest BCUT2D eigenvalue weighted by atomic mass is 10.2. The fourth-order valence-corrected chi connectivity index (χ4v) is 2.92. The van der Waals surface area contributed by atoms with Crippen LogP contribution in [0.4, 0.5) is 5.69 Å². The number of hydrogen-bond acceptors (Lipinski definition) is 5. The molecule has 2 unspecified atom stereocenters. The Balaban J connectivity index is 1.66. The first-order chi connectivity index (χ1) is 10.1. The number of carbonyl (C=O) groups is 1. The van der Waals surface area contributed by atoms with Gasteiger partial charge in [0, 0.05) is 19.2 Å². The van der Waals surface area contributed by atoms with E-state index in [0.717, 1.165) is 31.6 Å². The second-order valence-electron chi connectivity index (χ2n) is 5.59. The van der Waals surface area contributed by atoms with Gasteiger partial charge in [-0.3, -0.25) is 4.79 Å². The number of hydrogen-bond donors (Lipinski definition) is 1. The molecule has 0 radical (unpaired) electrons. The Hall–Kier alpha value is -1.89. The van der Waals surface area contributed by atoms with Crippen molar-refractivity contribution in [3.63, 3.8) is 0 Å². The lowest BCUT2D eigenvalue weighted by molar-refractivity contribution is -0.149. The molecule has 0 saturated carbocycles. The van der Waals surface area contributed by atoms with Crippen LogP contribution in [0.5, 0.6) is 0 Å². The maximum absolute atomic E-state index is 12.1. The maximum Gasteiger partial charge on any atom is 0.332 e. The molecule has 3 rings (SSSR count). The van der Waals surface area contributed by atoms with Crippen LogP contribution in [-0.4, -0.2) is 46.2 Å². The van der Waals surface area contributed by atoms with Gasteiger partial charge in [0.25, 0.3) is 5.56 Å². The summed E-state index contributed by atoms with van der Waals surface area (Å²) in [6.07, 6.45) is 4.12. The Morgan fingerprint density at radius 2 is 2.14 bits per heavy atom. The molecule has 2 saturated heterocycles. The lowest BCUT2D eigenvalue weighted by Gasteiger charge is -2.18. The van der Waals surface area contributed by atoms with Crippen LogP contribution < -0.4 is 10.5 Å². The van der Waals surface area contributed by atoms with Crippen LogP contribution in [0.1, 0.15) is 25.7 Å². The standard InChI is InChI=1S/C14H19N3O4/c18-13-7-10(16-5-1-2-6-16)8-15-17(13)9-11-3-4-12(21-11)14(19)20/h7-8,11-12H,1-6,9H2,(H,19,20). The third-order valence-corrected chi connectivity index (χ3v) is 4.09. The number of carboxylic acid groups (broad SMARTS) is 1. The largest absolute Gasteiger partial charge is 0.479 e. The van der Waals surface area contributed by atoms with E-state index < -0.39 is 12.1 Å². The summed E-state index contributed by atoms with van der Waals surface area (Å²) in [6.45, 7) is 2.25. The molecule has 1 aromatic rings. The van der Waals surface area contributed by atoms with E-state index in [9.17, 15) is 9.59 Å². The minimum absolute atomic E-state index is 0.165. The number of ether oxygens (including phenoxy) is 1. The third-order valence-electron chi connectivity index (χ3n) is 4.09. The zero-order valence-electron chi connectivity index (χ0n) is 11.8. The third kappa shape index (κ3) is 3.07. The molecular weight excluding hydrogens is 274 g/mol. The number of aromatic nitrogens is 2. The van der Waals surface area contributed by atoms with Gasteiger partial charge in [0.1, 0.15) is 0 Å². The van der Waals surface area contributed by atoms with Crippen molar-refractivity contribution in [1.82, 2.24) is 9.78 Å². The second-order valence-corrected chi connectivity index (χ2v) is 5.59. The van der Waals surface area contributed by atoms with Gasteiger partial charge in [-0.15, -0.1) is 0 Å². The van der Waals surface area contributed by atoms with Gasteiger partial charge in [-0.2, -0.15) is 5.10 Å². The van der Waals surface area contributed by atoms with Gasteiger partial charge >= 0.3 is 5.97 Å². The first-order valence-electron chi connectivity index (χ1n) is 7.34. The zero-order valence-corrected chi connectivity index (χ0v) is 11.8. The van der Waals surface area contributed by atoms with E-state index in [0.29, 0.717) is 19.4 Å². The van der Waals surface area contributed by atoms with Crippen molar-refractivity contribution in [2.75, 3.05) is 18.0 Å². The second kappa shape index (κ2) is 5.85. The van der Waals surface area contributed by atoms with E-state index in [4.69, 9.17) is 9.84 Å². The van der Waals surface area contributed by atoms with E-state index in [1.165, 1.54) is 4.68 Å². The van der Waals surface area contributed by atoms with Crippen LogP contribution in [-0.2, 0) is 16.1 Å². The van der Waals surface area contributed by atoms with Crippen LogP contribution in [0, 0.1) is 0 Å². The lowest BCUT2D eigenvalue weighted by Crippen LogP contribution is -2.31. The Morgan fingerprint density at radius 3 is 2.76 bits per heavy atom. The first kappa shape index (κ1) is 14.1. The van der Waals surface area contributed by atoms with E-state index in [2.05, 4.69) is 10.00 Å². The highest BCUT2D eigenvalue weighted by atomic mass is 16.5. The number of carboxylic acids is 1. The minimum Gasteiger partial charge on any atom is -0.479 e. The predicted octanol–water partition coefficient (Wildman–Crippen LogP) is 0.476. The first-order valence-corrected chi connectivity index (χ1v) is 7.34. The van der Waals surface area contributed by atoms with Crippen molar-refractivity contribution < 1.29 is 14.6 Å². The maximum atomic E-state index is 12.1. The molecule has 1 N–H and O–H groups in total. The van der Waals surface area contributed by atoms with Gasteiger partial charge in [0.15, 0.2) is 6.10 Å². The van der Waals surface area contributed by atoms with Crippen LogP contribution in [0.25, 0.3) is 0 Å². The minimum atomic E-state index is -0.942. The molecule has 114 valence electrons. The highest BCUT2D eigenvalue weighted by molar-refractivity contribution is 5.72. The van der Waals surface area contributed by atoms with Crippen LogP contribution in [0.3, 0.4) is 0 Å². The van der Waals surface area contributed by atoms with Gasteiger partial charge in [-0.25, -0.2) is 9.48 Å². The van der Waals surface area contributed by atoms with E-state index in [1.54, 1.807) is 12.3 Å². The summed E-state index contributed by atoms with van der Waals surface area (Å²) in [5.74, 6) is -0.942. The molecule has 2 fully saturated rings. The Kier molecular flexibility index (Phi) is 3.92. The van der Waals surface area contributed by atoms with Gasteiger partial charge in [0.2, 0.25) is 0 Å².